The van der Waals surface area contributed by atoms with Gasteiger partial charge in [-0.2, -0.15) is 5.26 Å². The van der Waals surface area contributed by atoms with Gasteiger partial charge in [-0.1, -0.05) is 30.3 Å². The normalized spacial score (nSPS) is 10.1. The van der Waals surface area contributed by atoms with Gasteiger partial charge in [0.15, 0.2) is 0 Å². The highest BCUT2D eigenvalue weighted by Gasteiger charge is 1.96. The lowest BCUT2D eigenvalue weighted by Crippen LogP contribution is -1.83. The maximum absolute atomic E-state index is 8.46. The molecule has 0 aliphatic rings. The van der Waals surface area contributed by atoms with Crippen molar-refractivity contribution in [2.45, 2.75) is 0 Å². The quantitative estimate of drug-likeness (QED) is 0.733. The molecule has 0 aliphatic heterocycles. The molecule has 0 aliphatic carbocycles. The van der Waals surface area contributed by atoms with Crippen molar-refractivity contribution in [1.82, 2.24) is 0 Å². The molecule has 0 amide bonds. The number of benzene rings is 2. The maximum atomic E-state index is 8.46. The highest BCUT2D eigenvalue weighted by Crippen LogP contribution is 2.22. The van der Waals surface area contributed by atoms with Gasteiger partial charge in [-0.05, 0) is 35.9 Å². The van der Waals surface area contributed by atoms with E-state index in [-0.39, 0.29) is 0 Å². The molecule has 0 fully saturated rings. The first-order valence-electron chi connectivity index (χ1n) is 5.27. The number of hydrogen-bond donors (Lipinski definition) is 0. The second-order valence-electron chi connectivity index (χ2n) is 3.45. The van der Waals surface area contributed by atoms with E-state index in [0.717, 1.165) is 17.1 Å². The van der Waals surface area contributed by atoms with Gasteiger partial charge >= 0.3 is 0 Å². The zero-order chi connectivity index (χ0) is 11.9. The summed E-state index contributed by atoms with van der Waals surface area (Å²) in [5.41, 5.74) is 0.944. The summed E-state index contributed by atoms with van der Waals surface area (Å²) >= 11 is 0. The van der Waals surface area contributed by atoms with Crippen molar-refractivity contribution in [1.29, 1.82) is 5.26 Å². The summed E-state index contributed by atoms with van der Waals surface area (Å²) < 4.78 is 5.68. The number of nitriles is 1. The first-order chi connectivity index (χ1) is 8.38. The Kier molecular flexibility index (Phi) is 3.57. The van der Waals surface area contributed by atoms with E-state index in [1.165, 1.54) is 6.08 Å². The van der Waals surface area contributed by atoms with Crippen LogP contribution in [0.2, 0.25) is 0 Å². The van der Waals surface area contributed by atoms with Crippen molar-refractivity contribution in [2.75, 3.05) is 0 Å². The summed E-state index contributed by atoms with van der Waals surface area (Å²) in [4.78, 5) is 0. The lowest BCUT2D eigenvalue weighted by atomic mass is 10.2. The highest BCUT2D eigenvalue weighted by atomic mass is 16.5. The van der Waals surface area contributed by atoms with Crippen molar-refractivity contribution in [2.24, 2.45) is 0 Å². The van der Waals surface area contributed by atoms with Crippen LogP contribution >= 0.6 is 0 Å². The van der Waals surface area contributed by atoms with Crippen LogP contribution in [-0.2, 0) is 0 Å². The summed E-state index contributed by atoms with van der Waals surface area (Å²) in [7, 11) is 0. The molecule has 2 rings (SSSR count). The molecular formula is C15H11NO. The number of allylic oxidation sites excluding steroid dienone is 1. The van der Waals surface area contributed by atoms with E-state index in [1.807, 2.05) is 60.7 Å². The van der Waals surface area contributed by atoms with Gasteiger partial charge in [-0.15, -0.1) is 0 Å². The number of para-hydroxylation sites is 1. The summed E-state index contributed by atoms with van der Waals surface area (Å²) in [6.45, 7) is 0. The maximum Gasteiger partial charge on any atom is 0.128 e. The summed E-state index contributed by atoms with van der Waals surface area (Å²) in [6, 6.07) is 19.2. The average molecular weight is 221 g/mol. The molecule has 2 aromatic rings. The Bertz CT molecular complexity index is 553. The van der Waals surface area contributed by atoms with Crippen LogP contribution in [0.3, 0.4) is 0 Å². The Hall–Kier alpha value is -2.53. The summed E-state index contributed by atoms with van der Waals surface area (Å²) in [5, 5.41) is 8.46. The van der Waals surface area contributed by atoms with Gasteiger partial charge in [0.05, 0.1) is 6.07 Å². The molecule has 0 atom stereocenters. The fraction of sp³-hybridized carbons (Fsp3) is 0. The summed E-state index contributed by atoms with van der Waals surface area (Å²) in [5.74, 6) is 1.56. The minimum Gasteiger partial charge on any atom is -0.457 e. The van der Waals surface area contributed by atoms with E-state index < -0.39 is 0 Å². The van der Waals surface area contributed by atoms with Gasteiger partial charge in [-0.25, -0.2) is 0 Å². The molecule has 0 N–H and O–H groups in total. The van der Waals surface area contributed by atoms with Crippen LogP contribution in [0.1, 0.15) is 5.56 Å². The molecule has 2 heteroatoms. The zero-order valence-electron chi connectivity index (χ0n) is 9.21. The Labute approximate surface area is 100 Å². The van der Waals surface area contributed by atoms with Crippen LogP contribution in [-0.4, -0.2) is 0 Å². The second kappa shape index (κ2) is 5.53. The predicted molar refractivity (Wildman–Crippen MR) is 67.6 cm³/mol. The Morgan fingerprint density at radius 2 is 1.71 bits per heavy atom. The van der Waals surface area contributed by atoms with E-state index >= 15 is 0 Å². The molecule has 0 radical (unpaired) electrons. The average Bonchev–Trinajstić information content (AvgIpc) is 2.38. The first kappa shape index (κ1) is 11.0. The van der Waals surface area contributed by atoms with Gasteiger partial charge in [0.25, 0.3) is 0 Å². The van der Waals surface area contributed by atoms with Crippen LogP contribution in [0, 0.1) is 11.3 Å². The Morgan fingerprint density at radius 1 is 0.941 bits per heavy atom. The van der Waals surface area contributed by atoms with Gasteiger partial charge < -0.3 is 4.74 Å². The molecular weight excluding hydrogens is 210 g/mol. The molecule has 2 nitrogen and oxygen atoms in total. The summed E-state index contributed by atoms with van der Waals surface area (Å²) in [6.07, 6.45) is 3.19. The van der Waals surface area contributed by atoms with Crippen molar-refractivity contribution >= 4 is 6.08 Å². The van der Waals surface area contributed by atoms with E-state index in [0.29, 0.717) is 0 Å². The SMILES string of the molecule is N#C/C=C/c1cccc(Oc2ccccc2)c1. The Morgan fingerprint density at radius 3 is 2.47 bits per heavy atom. The molecule has 0 heterocycles. The van der Waals surface area contributed by atoms with Gasteiger partial charge in [0.2, 0.25) is 0 Å². The van der Waals surface area contributed by atoms with Crippen LogP contribution in [0.15, 0.2) is 60.7 Å². The van der Waals surface area contributed by atoms with Crippen LogP contribution in [0.5, 0.6) is 11.5 Å². The minimum absolute atomic E-state index is 0.760. The fourth-order valence-corrected chi connectivity index (χ4v) is 1.44. The smallest absolute Gasteiger partial charge is 0.128 e. The van der Waals surface area contributed by atoms with Crippen molar-refractivity contribution < 1.29 is 4.74 Å². The topological polar surface area (TPSA) is 33.0 Å². The number of hydrogen-bond acceptors (Lipinski definition) is 2. The molecule has 0 aromatic heterocycles. The fourth-order valence-electron chi connectivity index (χ4n) is 1.44. The van der Waals surface area contributed by atoms with Crippen LogP contribution in [0.25, 0.3) is 6.08 Å². The minimum atomic E-state index is 0.760. The zero-order valence-corrected chi connectivity index (χ0v) is 9.21. The third kappa shape index (κ3) is 3.22. The lowest BCUT2D eigenvalue weighted by molar-refractivity contribution is 0.482. The van der Waals surface area contributed by atoms with Gasteiger partial charge in [0.1, 0.15) is 11.5 Å². The monoisotopic (exact) mass is 221 g/mol. The third-order valence-electron chi connectivity index (χ3n) is 2.19. The second-order valence-corrected chi connectivity index (χ2v) is 3.45. The van der Waals surface area contributed by atoms with E-state index in [9.17, 15) is 0 Å². The predicted octanol–water partition coefficient (Wildman–Crippen LogP) is 4.02. The third-order valence-corrected chi connectivity index (χ3v) is 2.19. The van der Waals surface area contributed by atoms with E-state index in [4.69, 9.17) is 10.00 Å². The Balaban J connectivity index is 2.17. The van der Waals surface area contributed by atoms with E-state index in [1.54, 1.807) is 6.08 Å². The molecule has 0 spiro atoms. The number of ether oxygens (including phenoxy) is 1. The van der Waals surface area contributed by atoms with E-state index in [2.05, 4.69) is 0 Å². The molecule has 0 saturated carbocycles. The van der Waals surface area contributed by atoms with Crippen molar-refractivity contribution in [3.63, 3.8) is 0 Å². The lowest BCUT2D eigenvalue weighted by Gasteiger charge is -2.05. The number of nitrogens with zero attached hydrogens (tertiary/aromatic N) is 1. The molecule has 2 aromatic carbocycles. The van der Waals surface area contributed by atoms with Crippen LogP contribution < -0.4 is 4.74 Å². The number of rotatable bonds is 3. The van der Waals surface area contributed by atoms with Gasteiger partial charge in [-0.3, -0.25) is 0 Å². The molecule has 0 unspecified atom stereocenters. The molecule has 17 heavy (non-hydrogen) atoms. The van der Waals surface area contributed by atoms with Crippen molar-refractivity contribution in [3.05, 3.63) is 66.2 Å². The molecule has 0 bridgehead atoms. The standard InChI is InChI=1S/C15H11NO/c16-11-5-7-13-6-4-10-15(12-13)17-14-8-2-1-3-9-14/h1-10,12H/b7-5+. The molecule has 0 saturated heterocycles. The first-order valence-corrected chi connectivity index (χ1v) is 5.27. The van der Waals surface area contributed by atoms with Crippen molar-refractivity contribution in [3.8, 4) is 17.6 Å². The largest absolute Gasteiger partial charge is 0.457 e. The van der Waals surface area contributed by atoms with Gasteiger partial charge in [0, 0.05) is 6.08 Å². The molecule has 82 valence electrons. The van der Waals surface area contributed by atoms with Crippen LogP contribution in [0.4, 0.5) is 0 Å². The highest BCUT2D eigenvalue weighted by molar-refractivity contribution is 5.54.